The van der Waals surface area contributed by atoms with E-state index in [4.69, 9.17) is 9.47 Å². The Bertz CT molecular complexity index is 402. The second kappa shape index (κ2) is 15.4. The van der Waals surface area contributed by atoms with Crippen LogP contribution in [0.5, 0.6) is 0 Å². The molecule has 2 amide bonds. The summed E-state index contributed by atoms with van der Waals surface area (Å²) in [6.45, 7) is 14.6. The Balaban J connectivity index is 3.26. The fraction of sp³-hybridized carbons (Fsp3) is 0.909. The molecule has 0 heterocycles. The molecule has 7 heteroatoms. The van der Waals surface area contributed by atoms with Crippen LogP contribution >= 0.6 is 0 Å². The van der Waals surface area contributed by atoms with Crippen molar-refractivity contribution in [3.63, 3.8) is 0 Å². The van der Waals surface area contributed by atoms with Gasteiger partial charge in [-0.2, -0.15) is 0 Å². The number of hydrogen-bond donors (Lipinski definition) is 3. The van der Waals surface area contributed by atoms with Gasteiger partial charge in [-0.05, 0) is 80.3 Å². The van der Waals surface area contributed by atoms with E-state index in [1.807, 2.05) is 41.5 Å². The van der Waals surface area contributed by atoms with E-state index in [-0.39, 0.29) is 12.2 Å². The maximum Gasteiger partial charge on any atom is 0.407 e. The highest BCUT2D eigenvalue weighted by Gasteiger charge is 2.16. The average molecular weight is 416 g/mol. The van der Waals surface area contributed by atoms with E-state index >= 15 is 0 Å². The van der Waals surface area contributed by atoms with E-state index in [0.29, 0.717) is 13.1 Å². The molecule has 0 aromatic heterocycles. The third-order valence-corrected chi connectivity index (χ3v) is 3.90. The van der Waals surface area contributed by atoms with Crippen LogP contribution in [0.25, 0.3) is 0 Å². The standard InChI is InChI=1S/C22H45N3O4/c1-21(2,3)28-19(26)24-17-13-9-7-11-15-23-16-12-8-10-14-18-25-20(27)29-22(4,5)6/h23H,7-18H2,1-6H3,(H,24,26)(H,25,27). The van der Waals surface area contributed by atoms with E-state index in [1.54, 1.807) is 0 Å². The number of alkyl carbamates (subject to hydrolysis) is 2. The lowest BCUT2D eigenvalue weighted by atomic mass is 10.2. The van der Waals surface area contributed by atoms with E-state index in [9.17, 15) is 9.59 Å². The third-order valence-electron chi connectivity index (χ3n) is 3.90. The highest BCUT2D eigenvalue weighted by Crippen LogP contribution is 2.07. The molecule has 29 heavy (non-hydrogen) atoms. The van der Waals surface area contributed by atoms with Crippen molar-refractivity contribution in [2.45, 2.75) is 104 Å². The van der Waals surface area contributed by atoms with Crippen molar-refractivity contribution in [2.24, 2.45) is 0 Å². The zero-order valence-corrected chi connectivity index (χ0v) is 19.6. The fourth-order valence-corrected chi connectivity index (χ4v) is 2.59. The second-order valence-electron chi connectivity index (χ2n) is 9.44. The van der Waals surface area contributed by atoms with Crippen LogP contribution < -0.4 is 16.0 Å². The molecule has 0 atom stereocenters. The summed E-state index contributed by atoms with van der Waals surface area (Å²) in [6.07, 6.45) is 8.17. The molecule has 0 radical (unpaired) electrons. The molecule has 0 saturated heterocycles. The van der Waals surface area contributed by atoms with Gasteiger partial charge < -0.3 is 25.4 Å². The SMILES string of the molecule is CC(C)(C)OC(=O)NCCCCCCNCCCCCCNC(=O)OC(C)(C)C. The normalized spacial score (nSPS) is 11.8. The van der Waals surface area contributed by atoms with E-state index in [0.717, 1.165) is 51.6 Å². The van der Waals surface area contributed by atoms with Crippen molar-refractivity contribution in [3.05, 3.63) is 0 Å². The Kier molecular flexibility index (Phi) is 14.6. The van der Waals surface area contributed by atoms with Crippen molar-refractivity contribution in [2.75, 3.05) is 26.2 Å². The maximum absolute atomic E-state index is 11.5. The molecule has 172 valence electrons. The van der Waals surface area contributed by atoms with Gasteiger partial charge in [-0.15, -0.1) is 0 Å². The van der Waals surface area contributed by atoms with Gasteiger partial charge >= 0.3 is 12.2 Å². The van der Waals surface area contributed by atoms with Crippen molar-refractivity contribution in [1.29, 1.82) is 0 Å². The van der Waals surface area contributed by atoms with Gasteiger partial charge in [0.05, 0.1) is 0 Å². The minimum Gasteiger partial charge on any atom is -0.444 e. The van der Waals surface area contributed by atoms with Gasteiger partial charge in [-0.1, -0.05) is 25.7 Å². The van der Waals surface area contributed by atoms with E-state index < -0.39 is 11.2 Å². The van der Waals surface area contributed by atoms with Crippen LogP contribution in [0, 0.1) is 0 Å². The lowest BCUT2D eigenvalue weighted by Gasteiger charge is -2.19. The molecule has 0 rings (SSSR count). The van der Waals surface area contributed by atoms with Crippen LogP contribution in [0.4, 0.5) is 9.59 Å². The molecular formula is C22H45N3O4. The lowest BCUT2D eigenvalue weighted by molar-refractivity contribution is 0.0515. The molecule has 0 spiro atoms. The first-order chi connectivity index (χ1) is 13.5. The van der Waals surface area contributed by atoms with Crippen molar-refractivity contribution < 1.29 is 19.1 Å². The first kappa shape index (κ1) is 27.5. The molecule has 0 aromatic carbocycles. The van der Waals surface area contributed by atoms with Gasteiger partial charge in [0, 0.05) is 13.1 Å². The first-order valence-electron chi connectivity index (χ1n) is 11.1. The summed E-state index contributed by atoms with van der Waals surface area (Å²) in [4.78, 5) is 23.0. The van der Waals surface area contributed by atoms with Gasteiger partial charge in [0.1, 0.15) is 11.2 Å². The zero-order valence-electron chi connectivity index (χ0n) is 19.6. The van der Waals surface area contributed by atoms with Crippen LogP contribution in [0.3, 0.4) is 0 Å². The summed E-state index contributed by atoms with van der Waals surface area (Å²) in [5.41, 5.74) is -0.876. The summed E-state index contributed by atoms with van der Waals surface area (Å²) in [6, 6.07) is 0. The molecule has 0 saturated carbocycles. The molecule has 0 aliphatic heterocycles. The minimum absolute atomic E-state index is 0.334. The summed E-state index contributed by atoms with van der Waals surface area (Å²) in [5, 5.41) is 9.05. The molecule has 0 unspecified atom stereocenters. The number of carbonyl (C=O) groups excluding carboxylic acids is 2. The summed E-state index contributed by atoms with van der Waals surface area (Å²) in [7, 11) is 0. The first-order valence-corrected chi connectivity index (χ1v) is 11.1. The molecular weight excluding hydrogens is 370 g/mol. The number of ether oxygens (including phenoxy) is 2. The molecule has 0 aromatic rings. The van der Waals surface area contributed by atoms with Crippen molar-refractivity contribution >= 4 is 12.2 Å². The molecule has 0 fully saturated rings. The van der Waals surface area contributed by atoms with E-state index in [1.165, 1.54) is 12.8 Å². The largest absolute Gasteiger partial charge is 0.444 e. The highest BCUT2D eigenvalue weighted by atomic mass is 16.6. The van der Waals surface area contributed by atoms with Gasteiger partial charge in [-0.25, -0.2) is 9.59 Å². The monoisotopic (exact) mass is 415 g/mol. The summed E-state index contributed by atoms with van der Waals surface area (Å²) < 4.78 is 10.4. The Hall–Kier alpha value is -1.50. The highest BCUT2D eigenvalue weighted by molar-refractivity contribution is 5.67. The Labute approximate surface area is 178 Å². The van der Waals surface area contributed by atoms with Gasteiger partial charge in [-0.3, -0.25) is 0 Å². The Morgan fingerprint density at radius 1 is 0.552 bits per heavy atom. The predicted octanol–water partition coefficient (Wildman–Crippen LogP) is 4.75. The number of hydrogen-bond acceptors (Lipinski definition) is 5. The Morgan fingerprint density at radius 2 is 0.862 bits per heavy atom. The van der Waals surface area contributed by atoms with Crippen LogP contribution in [0.1, 0.15) is 92.9 Å². The van der Waals surface area contributed by atoms with Gasteiger partial charge in [0.25, 0.3) is 0 Å². The van der Waals surface area contributed by atoms with Gasteiger partial charge in [0.2, 0.25) is 0 Å². The fourth-order valence-electron chi connectivity index (χ4n) is 2.59. The Morgan fingerprint density at radius 3 is 1.17 bits per heavy atom. The molecule has 0 bridgehead atoms. The molecule has 0 aliphatic carbocycles. The minimum atomic E-state index is -0.438. The van der Waals surface area contributed by atoms with Crippen molar-refractivity contribution in [3.8, 4) is 0 Å². The number of unbranched alkanes of at least 4 members (excludes halogenated alkanes) is 6. The van der Waals surface area contributed by atoms with Crippen molar-refractivity contribution in [1.82, 2.24) is 16.0 Å². The van der Waals surface area contributed by atoms with Gasteiger partial charge in [0.15, 0.2) is 0 Å². The quantitative estimate of drug-likeness (QED) is 0.356. The number of amides is 2. The number of carbonyl (C=O) groups is 2. The summed E-state index contributed by atoms with van der Waals surface area (Å²) in [5.74, 6) is 0. The van der Waals surface area contributed by atoms with Crippen LogP contribution in [-0.4, -0.2) is 49.6 Å². The van der Waals surface area contributed by atoms with Crippen LogP contribution in [-0.2, 0) is 9.47 Å². The topological polar surface area (TPSA) is 88.7 Å². The third kappa shape index (κ3) is 22.7. The van der Waals surface area contributed by atoms with Crippen LogP contribution in [0.15, 0.2) is 0 Å². The predicted molar refractivity (Wildman–Crippen MR) is 118 cm³/mol. The molecule has 0 aliphatic rings. The number of rotatable bonds is 14. The average Bonchev–Trinajstić information content (AvgIpc) is 2.55. The zero-order chi connectivity index (χ0) is 22.2. The van der Waals surface area contributed by atoms with Crippen LogP contribution in [0.2, 0.25) is 0 Å². The summed E-state index contributed by atoms with van der Waals surface area (Å²) >= 11 is 0. The van der Waals surface area contributed by atoms with E-state index in [2.05, 4.69) is 16.0 Å². The smallest absolute Gasteiger partial charge is 0.407 e. The lowest BCUT2D eigenvalue weighted by Crippen LogP contribution is -2.33. The molecule has 7 nitrogen and oxygen atoms in total. The molecule has 3 N–H and O–H groups in total. The second-order valence-corrected chi connectivity index (χ2v) is 9.44. The maximum atomic E-state index is 11.5. The number of nitrogens with one attached hydrogen (secondary N) is 3.